The standard InChI is InChI=1S/C28H38O/c1-27(2,3)20-10-7-18(8-11-20)24-17-21(29)16-19-9-12-22-23(26(19)24)13-15-28(4)14-5-6-25(22)28/h7-8,10-11,19,22,24-25H,5-6,9,12-17H2,1-4H3/t19?,22-,24?,25+,28+/m1/s1. The fourth-order valence-corrected chi connectivity index (χ4v) is 7.57. The van der Waals surface area contributed by atoms with Gasteiger partial charge >= 0.3 is 0 Å². The first-order valence-corrected chi connectivity index (χ1v) is 12.1. The van der Waals surface area contributed by atoms with E-state index in [4.69, 9.17) is 0 Å². The zero-order valence-electron chi connectivity index (χ0n) is 18.9. The Morgan fingerprint density at radius 3 is 2.45 bits per heavy atom. The van der Waals surface area contributed by atoms with Gasteiger partial charge in [0.25, 0.3) is 0 Å². The average molecular weight is 391 g/mol. The number of hydrogen-bond donors (Lipinski definition) is 0. The summed E-state index contributed by atoms with van der Waals surface area (Å²) in [7, 11) is 0. The van der Waals surface area contributed by atoms with Gasteiger partial charge in [0, 0.05) is 18.8 Å². The second kappa shape index (κ2) is 6.82. The minimum Gasteiger partial charge on any atom is -0.300 e. The van der Waals surface area contributed by atoms with Crippen LogP contribution in [0.3, 0.4) is 0 Å². The van der Waals surface area contributed by atoms with Gasteiger partial charge in [0.1, 0.15) is 5.78 Å². The highest BCUT2D eigenvalue weighted by Gasteiger charge is 2.50. The number of hydrogen-bond acceptors (Lipinski definition) is 1. The van der Waals surface area contributed by atoms with Gasteiger partial charge < -0.3 is 0 Å². The molecule has 3 saturated carbocycles. The molecule has 0 aliphatic heterocycles. The van der Waals surface area contributed by atoms with Crippen molar-refractivity contribution in [2.75, 3.05) is 0 Å². The van der Waals surface area contributed by atoms with Gasteiger partial charge in [-0.2, -0.15) is 0 Å². The van der Waals surface area contributed by atoms with Gasteiger partial charge in [-0.25, -0.2) is 0 Å². The van der Waals surface area contributed by atoms with E-state index in [1.165, 1.54) is 56.1 Å². The molecule has 0 bridgehead atoms. The molecular formula is C28H38O. The molecule has 0 aromatic heterocycles. The molecule has 1 aromatic carbocycles. The highest BCUT2D eigenvalue weighted by molar-refractivity contribution is 5.82. The van der Waals surface area contributed by atoms with Crippen molar-refractivity contribution in [3.63, 3.8) is 0 Å². The number of allylic oxidation sites excluding steroid dienone is 2. The number of benzene rings is 1. The first-order chi connectivity index (χ1) is 13.8. The molecule has 156 valence electrons. The lowest BCUT2D eigenvalue weighted by atomic mass is 9.55. The summed E-state index contributed by atoms with van der Waals surface area (Å²) in [6.07, 6.45) is 11.1. The van der Waals surface area contributed by atoms with E-state index in [1.807, 2.05) is 5.57 Å². The number of carbonyl (C=O) groups is 1. The second-order valence-corrected chi connectivity index (χ2v) is 11.9. The van der Waals surface area contributed by atoms with Crippen molar-refractivity contribution < 1.29 is 4.79 Å². The Balaban J connectivity index is 1.55. The van der Waals surface area contributed by atoms with E-state index in [-0.39, 0.29) is 5.41 Å². The third-order valence-corrected chi connectivity index (χ3v) is 9.15. The predicted octanol–water partition coefficient (Wildman–Crippen LogP) is 7.35. The molecule has 4 aliphatic carbocycles. The van der Waals surface area contributed by atoms with Gasteiger partial charge in [0.15, 0.2) is 0 Å². The second-order valence-electron chi connectivity index (χ2n) is 11.9. The van der Waals surface area contributed by atoms with Gasteiger partial charge in [-0.3, -0.25) is 4.79 Å². The van der Waals surface area contributed by atoms with Crippen molar-refractivity contribution in [3.05, 3.63) is 46.5 Å². The molecule has 4 aliphatic rings. The quantitative estimate of drug-likeness (QED) is 0.458. The Morgan fingerprint density at radius 1 is 0.966 bits per heavy atom. The fourth-order valence-electron chi connectivity index (χ4n) is 7.57. The van der Waals surface area contributed by atoms with Crippen LogP contribution >= 0.6 is 0 Å². The van der Waals surface area contributed by atoms with Crippen molar-refractivity contribution in [1.82, 2.24) is 0 Å². The number of ketones is 1. The SMILES string of the molecule is CC(C)(C)c1ccc(C2CC(=O)CC3CC[C@@H]4C(=C32)CC[C@]2(C)CCC[C@@H]42)cc1. The summed E-state index contributed by atoms with van der Waals surface area (Å²) in [5.74, 6) is 3.08. The minimum atomic E-state index is 0.178. The molecular weight excluding hydrogens is 352 g/mol. The highest BCUT2D eigenvalue weighted by Crippen LogP contribution is 2.61. The highest BCUT2D eigenvalue weighted by atomic mass is 16.1. The van der Waals surface area contributed by atoms with Crippen molar-refractivity contribution in [2.24, 2.45) is 23.2 Å². The minimum absolute atomic E-state index is 0.178. The van der Waals surface area contributed by atoms with Crippen LogP contribution in [0.1, 0.15) is 103 Å². The molecule has 1 aromatic rings. The molecule has 2 unspecified atom stereocenters. The van der Waals surface area contributed by atoms with Crippen molar-refractivity contribution in [1.29, 1.82) is 0 Å². The molecule has 5 atom stereocenters. The summed E-state index contributed by atoms with van der Waals surface area (Å²) in [6, 6.07) is 9.29. The van der Waals surface area contributed by atoms with E-state index in [1.54, 1.807) is 5.57 Å². The molecule has 0 heterocycles. The van der Waals surface area contributed by atoms with E-state index < -0.39 is 0 Å². The molecule has 1 nitrogen and oxygen atoms in total. The molecule has 0 N–H and O–H groups in total. The summed E-state index contributed by atoms with van der Waals surface area (Å²) in [5, 5.41) is 0. The van der Waals surface area contributed by atoms with Crippen molar-refractivity contribution >= 4 is 5.78 Å². The molecule has 29 heavy (non-hydrogen) atoms. The number of Topliss-reactive ketones (excluding diaryl/α,β-unsaturated/α-hetero) is 1. The average Bonchev–Trinajstić information content (AvgIpc) is 3.08. The molecule has 0 saturated heterocycles. The lowest BCUT2D eigenvalue weighted by Crippen LogP contribution is -2.40. The topological polar surface area (TPSA) is 17.1 Å². The van der Waals surface area contributed by atoms with Gasteiger partial charge in [-0.1, -0.05) is 69.5 Å². The van der Waals surface area contributed by atoms with E-state index >= 15 is 0 Å². The monoisotopic (exact) mass is 390 g/mol. The van der Waals surface area contributed by atoms with Gasteiger partial charge in [0.2, 0.25) is 0 Å². The zero-order valence-corrected chi connectivity index (χ0v) is 18.9. The molecule has 0 amide bonds. The van der Waals surface area contributed by atoms with Crippen molar-refractivity contribution in [3.8, 4) is 0 Å². The van der Waals surface area contributed by atoms with Gasteiger partial charge in [-0.15, -0.1) is 0 Å². The Morgan fingerprint density at radius 2 is 1.72 bits per heavy atom. The first kappa shape index (κ1) is 19.6. The third-order valence-electron chi connectivity index (χ3n) is 9.15. The first-order valence-electron chi connectivity index (χ1n) is 12.1. The van der Waals surface area contributed by atoms with E-state index in [0.29, 0.717) is 23.0 Å². The lowest BCUT2D eigenvalue weighted by molar-refractivity contribution is -0.121. The van der Waals surface area contributed by atoms with Crippen LogP contribution in [0.2, 0.25) is 0 Å². The maximum Gasteiger partial charge on any atom is 0.134 e. The smallest absolute Gasteiger partial charge is 0.134 e. The third kappa shape index (κ3) is 3.24. The molecule has 3 fully saturated rings. The van der Waals surface area contributed by atoms with Crippen LogP contribution in [0.25, 0.3) is 0 Å². The lowest BCUT2D eigenvalue weighted by Gasteiger charge is -2.50. The Labute approximate surface area is 177 Å². The summed E-state index contributed by atoms with van der Waals surface area (Å²) >= 11 is 0. The maximum absolute atomic E-state index is 12.7. The van der Waals surface area contributed by atoms with Crippen LogP contribution in [0, 0.1) is 23.2 Å². The zero-order chi connectivity index (χ0) is 20.4. The summed E-state index contributed by atoms with van der Waals surface area (Å²) in [4.78, 5) is 12.7. The van der Waals surface area contributed by atoms with Crippen molar-refractivity contribution in [2.45, 2.75) is 96.8 Å². The number of rotatable bonds is 1. The Hall–Kier alpha value is -1.37. The van der Waals surface area contributed by atoms with Crippen LogP contribution in [-0.2, 0) is 10.2 Å². The predicted molar refractivity (Wildman–Crippen MR) is 120 cm³/mol. The molecule has 0 radical (unpaired) electrons. The molecule has 0 spiro atoms. The number of fused-ring (bicyclic) bond motifs is 4. The molecule has 5 rings (SSSR count). The Kier molecular flexibility index (Phi) is 4.61. The summed E-state index contributed by atoms with van der Waals surface area (Å²) < 4.78 is 0. The van der Waals surface area contributed by atoms with E-state index in [2.05, 4.69) is 52.0 Å². The van der Waals surface area contributed by atoms with E-state index in [0.717, 1.165) is 24.7 Å². The summed E-state index contributed by atoms with van der Waals surface area (Å²) in [6.45, 7) is 9.41. The van der Waals surface area contributed by atoms with Crippen LogP contribution in [0.5, 0.6) is 0 Å². The Bertz CT molecular complexity index is 836. The van der Waals surface area contributed by atoms with Crippen LogP contribution in [0.15, 0.2) is 35.4 Å². The summed E-state index contributed by atoms with van der Waals surface area (Å²) in [5.41, 5.74) is 7.08. The largest absolute Gasteiger partial charge is 0.300 e. The van der Waals surface area contributed by atoms with E-state index in [9.17, 15) is 4.79 Å². The van der Waals surface area contributed by atoms with Gasteiger partial charge in [-0.05, 0) is 78.2 Å². The van der Waals surface area contributed by atoms with Crippen LogP contribution in [0.4, 0.5) is 0 Å². The maximum atomic E-state index is 12.7. The van der Waals surface area contributed by atoms with Crippen LogP contribution in [-0.4, -0.2) is 5.78 Å². The fraction of sp³-hybridized carbons (Fsp3) is 0.679. The number of carbonyl (C=O) groups excluding carboxylic acids is 1. The normalized spacial score (nSPS) is 37.2. The van der Waals surface area contributed by atoms with Crippen LogP contribution < -0.4 is 0 Å². The van der Waals surface area contributed by atoms with Gasteiger partial charge in [0.05, 0.1) is 0 Å². The molecule has 1 heteroatoms.